The number of aromatic nitrogens is 5. The number of rotatable bonds is 2. The highest BCUT2D eigenvalue weighted by Crippen LogP contribution is 2.02. The third kappa shape index (κ3) is 2.99. The molecule has 0 aliphatic heterocycles. The molecule has 0 aliphatic rings. The van der Waals surface area contributed by atoms with E-state index in [-0.39, 0.29) is 18.1 Å². The topological polar surface area (TPSA) is 111 Å². The van der Waals surface area contributed by atoms with Crippen molar-refractivity contribution in [1.29, 1.82) is 0 Å². The fourth-order valence-electron chi connectivity index (χ4n) is 1.71. The van der Waals surface area contributed by atoms with Crippen LogP contribution in [-0.4, -0.2) is 37.0 Å². The van der Waals surface area contributed by atoms with E-state index in [0.29, 0.717) is 17.3 Å². The fraction of sp³-hybridized carbons (Fsp3) is 0.0714. The summed E-state index contributed by atoms with van der Waals surface area (Å²) in [6.07, 6.45) is 4.88. The van der Waals surface area contributed by atoms with E-state index in [9.17, 15) is 4.79 Å². The number of nitrogen functional groups attached to an aromatic ring is 1. The van der Waals surface area contributed by atoms with Gasteiger partial charge in [-0.05, 0) is 18.1 Å². The van der Waals surface area contributed by atoms with Gasteiger partial charge in [-0.2, -0.15) is 5.10 Å². The largest absolute Gasteiger partial charge is 0.384 e. The predicted octanol–water partition coefficient (Wildman–Crippen LogP) is -0.117. The fourth-order valence-corrected chi connectivity index (χ4v) is 1.71. The van der Waals surface area contributed by atoms with E-state index in [2.05, 4.69) is 37.2 Å². The van der Waals surface area contributed by atoms with Crippen LogP contribution in [0, 0.1) is 11.8 Å². The highest BCUT2D eigenvalue weighted by molar-refractivity contribution is 5.93. The van der Waals surface area contributed by atoms with Gasteiger partial charge in [0.15, 0.2) is 11.3 Å². The minimum absolute atomic E-state index is 0.151. The first-order chi connectivity index (χ1) is 10.7. The van der Waals surface area contributed by atoms with E-state index in [1.165, 1.54) is 10.7 Å². The molecule has 0 aromatic carbocycles. The van der Waals surface area contributed by atoms with E-state index in [1.807, 2.05) is 0 Å². The second-order valence-electron chi connectivity index (χ2n) is 4.24. The quantitative estimate of drug-likeness (QED) is 0.637. The molecule has 8 heteroatoms. The van der Waals surface area contributed by atoms with Crippen molar-refractivity contribution in [2.24, 2.45) is 0 Å². The number of hydrogen-bond acceptors (Lipinski definition) is 6. The summed E-state index contributed by atoms with van der Waals surface area (Å²) in [6.45, 7) is 0.151. The molecule has 0 bridgehead atoms. The number of nitrogens with one attached hydrogen (secondary N) is 1. The van der Waals surface area contributed by atoms with E-state index < -0.39 is 0 Å². The molecule has 3 aromatic rings. The third-order valence-corrected chi connectivity index (χ3v) is 2.68. The van der Waals surface area contributed by atoms with Crippen molar-refractivity contribution >= 4 is 17.4 Å². The average molecular weight is 293 g/mol. The van der Waals surface area contributed by atoms with Crippen molar-refractivity contribution in [1.82, 2.24) is 29.9 Å². The molecule has 0 radical (unpaired) electrons. The van der Waals surface area contributed by atoms with Crippen LogP contribution in [0.4, 0.5) is 5.82 Å². The Bertz CT molecular complexity index is 858. The lowest BCUT2D eigenvalue weighted by Crippen LogP contribution is -2.24. The Balaban J connectivity index is 1.63. The summed E-state index contributed by atoms with van der Waals surface area (Å²) in [4.78, 5) is 23.9. The highest BCUT2D eigenvalue weighted by Gasteiger charge is 2.09. The second kappa shape index (κ2) is 5.88. The van der Waals surface area contributed by atoms with Crippen LogP contribution in [0.2, 0.25) is 0 Å². The summed E-state index contributed by atoms with van der Waals surface area (Å²) in [7, 11) is 0. The number of carbonyl (C=O) groups excluding carboxylic acids is 1. The molecule has 3 aromatic heterocycles. The Morgan fingerprint density at radius 1 is 1.36 bits per heavy atom. The number of hydrogen-bond donors (Lipinski definition) is 2. The van der Waals surface area contributed by atoms with Crippen molar-refractivity contribution in [2.75, 3.05) is 12.3 Å². The van der Waals surface area contributed by atoms with Gasteiger partial charge >= 0.3 is 0 Å². The minimum atomic E-state index is -0.326. The van der Waals surface area contributed by atoms with Gasteiger partial charge in [-0.15, -0.1) is 0 Å². The van der Waals surface area contributed by atoms with E-state index in [4.69, 9.17) is 5.73 Å². The van der Waals surface area contributed by atoms with Crippen LogP contribution in [-0.2, 0) is 0 Å². The first-order valence-corrected chi connectivity index (χ1v) is 6.38. The summed E-state index contributed by atoms with van der Waals surface area (Å²) in [6, 6.07) is 4.91. The van der Waals surface area contributed by atoms with Crippen molar-refractivity contribution < 1.29 is 4.79 Å². The molecule has 3 rings (SSSR count). The van der Waals surface area contributed by atoms with Crippen molar-refractivity contribution in [3.05, 3.63) is 48.3 Å². The van der Waals surface area contributed by atoms with Gasteiger partial charge in [-0.25, -0.2) is 19.5 Å². The van der Waals surface area contributed by atoms with Gasteiger partial charge in [0.25, 0.3) is 5.91 Å². The molecule has 3 N–H and O–H groups in total. The van der Waals surface area contributed by atoms with Crippen molar-refractivity contribution in [3.63, 3.8) is 0 Å². The first kappa shape index (κ1) is 13.5. The van der Waals surface area contributed by atoms with Gasteiger partial charge < -0.3 is 11.1 Å². The zero-order valence-electron chi connectivity index (χ0n) is 11.4. The molecule has 8 nitrogen and oxygen atoms in total. The lowest BCUT2D eigenvalue weighted by atomic mass is 10.4. The van der Waals surface area contributed by atoms with Crippen LogP contribution in [0.25, 0.3) is 5.65 Å². The first-order valence-electron chi connectivity index (χ1n) is 6.38. The van der Waals surface area contributed by atoms with E-state index >= 15 is 0 Å². The highest BCUT2D eigenvalue weighted by atomic mass is 16.1. The molecule has 1 amide bonds. The van der Waals surface area contributed by atoms with Crippen LogP contribution >= 0.6 is 0 Å². The lowest BCUT2D eigenvalue weighted by Gasteiger charge is -1.96. The van der Waals surface area contributed by atoms with Gasteiger partial charge in [0, 0.05) is 24.7 Å². The van der Waals surface area contributed by atoms with Crippen molar-refractivity contribution in [2.45, 2.75) is 0 Å². The Labute approximate surface area is 125 Å². The number of carbonyl (C=O) groups is 1. The number of anilines is 1. The van der Waals surface area contributed by atoms with Gasteiger partial charge in [-0.1, -0.05) is 5.92 Å². The predicted molar refractivity (Wildman–Crippen MR) is 78.6 cm³/mol. The SMILES string of the molecule is Nc1ccnc(C#CCNC(=O)c2cc3ncccn3n2)n1. The normalized spacial score (nSPS) is 10.0. The molecular formula is C14H11N7O. The number of fused-ring (bicyclic) bond motifs is 1. The standard InChI is InChI=1S/C14H11N7O/c15-11-4-7-16-12(19-11)3-1-5-18-14(22)10-9-13-17-6-2-8-21(13)20-10/h2,4,6-9H,5H2,(H,18,22)(H2,15,16,19). The van der Waals surface area contributed by atoms with Crippen LogP contribution in [0.5, 0.6) is 0 Å². The van der Waals surface area contributed by atoms with Gasteiger partial charge in [0.05, 0.1) is 6.54 Å². The molecular weight excluding hydrogens is 282 g/mol. The summed E-state index contributed by atoms with van der Waals surface area (Å²) < 4.78 is 1.53. The monoisotopic (exact) mass is 293 g/mol. The zero-order chi connectivity index (χ0) is 15.4. The van der Waals surface area contributed by atoms with Crippen LogP contribution < -0.4 is 11.1 Å². The molecule has 22 heavy (non-hydrogen) atoms. The molecule has 0 atom stereocenters. The number of nitrogens with zero attached hydrogens (tertiary/aromatic N) is 5. The van der Waals surface area contributed by atoms with Gasteiger partial charge in [-0.3, -0.25) is 4.79 Å². The summed E-state index contributed by atoms with van der Waals surface area (Å²) in [5.74, 6) is 5.80. The molecule has 0 spiro atoms. The second-order valence-corrected chi connectivity index (χ2v) is 4.24. The number of nitrogens with two attached hydrogens (primary N) is 1. The molecule has 0 unspecified atom stereocenters. The summed E-state index contributed by atoms with van der Waals surface area (Å²) >= 11 is 0. The van der Waals surface area contributed by atoms with Crippen molar-refractivity contribution in [3.8, 4) is 11.8 Å². The molecule has 0 saturated heterocycles. The Kier molecular flexibility index (Phi) is 3.61. The lowest BCUT2D eigenvalue weighted by molar-refractivity contribution is 0.0953. The van der Waals surface area contributed by atoms with Crippen LogP contribution in [0.3, 0.4) is 0 Å². The van der Waals surface area contributed by atoms with Crippen LogP contribution in [0.15, 0.2) is 36.8 Å². The Morgan fingerprint density at radius 2 is 2.27 bits per heavy atom. The maximum Gasteiger partial charge on any atom is 0.272 e. The molecule has 0 aliphatic carbocycles. The molecule has 0 saturated carbocycles. The summed E-state index contributed by atoms with van der Waals surface area (Å²) in [5.41, 5.74) is 6.40. The maximum absolute atomic E-state index is 11.9. The number of amides is 1. The third-order valence-electron chi connectivity index (χ3n) is 2.68. The molecule has 108 valence electrons. The summed E-state index contributed by atoms with van der Waals surface area (Å²) in [5, 5.41) is 6.76. The smallest absolute Gasteiger partial charge is 0.272 e. The maximum atomic E-state index is 11.9. The van der Waals surface area contributed by atoms with Crippen LogP contribution in [0.1, 0.15) is 16.3 Å². The van der Waals surface area contributed by atoms with E-state index in [1.54, 1.807) is 30.6 Å². The molecule has 3 heterocycles. The Morgan fingerprint density at radius 3 is 3.09 bits per heavy atom. The van der Waals surface area contributed by atoms with Gasteiger partial charge in [0.2, 0.25) is 5.82 Å². The zero-order valence-corrected chi connectivity index (χ0v) is 11.4. The van der Waals surface area contributed by atoms with Gasteiger partial charge in [0.1, 0.15) is 5.82 Å². The Hall–Kier alpha value is -3.47. The molecule has 0 fully saturated rings. The minimum Gasteiger partial charge on any atom is -0.384 e. The average Bonchev–Trinajstić information content (AvgIpc) is 2.95. The van der Waals surface area contributed by atoms with E-state index in [0.717, 1.165) is 0 Å².